The molecule has 4 fully saturated rings. The van der Waals surface area contributed by atoms with Crippen LogP contribution in [0.5, 0.6) is 0 Å². The normalized spacial score (nSPS) is 38.5. The standard InChI is InChI=1S/C22H37N3O11S3.3Na/c1-11(26)23-17-10-14(38(28,29)30)8-13-9-18(34-35-36-37)20(21(27)19(13)17)25-24-16-7-6-12-4-2-3-5-15(12)22(16)39(31,32)33;;;/h12-22,27,37H,2-10H2,1H3,(H,23,26)(H,28,29,30)(H,31,32,33);;;/q;;2*+1/p-2. The minimum Gasteiger partial charge on any atom is -0.748 e. The van der Waals surface area contributed by atoms with Crippen molar-refractivity contribution in [3.05, 3.63) is 0 Å². The summed E-state index contributed by atoms with van der Waals surface area (Å²) in [7, 11) is -9.37. The molecule has 1 radical (unpaired) electrons. The molecule has 4 rings (SSSR count). The van der Waals surface area contributed by atoms with Crippen molar-refractivity contribution in [2.75, 3.05) is 0 Å². The maximum atomic E-state index is 12.3. The summed E-state index contributed by atoms with van der Waals surface area (Å²) < 4.78 is 76.8. The summed E-state index contributed by atoms with van der Waals surface area (Å²) in [5.74, 6) is -1.91. The van der Waals surface area contributed by atoms with Crippen molar-refractivity contribution in [2.45, 2.75) is 106 Å². The second-order valence-electron chi connectivity index (χ2n) is 11.3. The number of azo groups is 1. The molecule has 4 aliphatic carbocycles. The van der Waals surface area contributed by atoms with Crippen LogP contribution in [-0.4, -0.2) is 107 Å². The van der Waals surface area contributed by atoms with Gasteiger partial charge in [-0.3, -0.25) is 4.79 Å². The van der Waals surface area contributed by atoms with Gasteiger partial charge in [-0.25, -0.2) is 16.8 Å². The van der Waals surface area contributed by atoms with Gasteiger partial charge in [-0.1, -0.05) is 24.3 Å². The molecule has 0 aromatic heterocycles. The van der Waals surface area contributed by atoms with Gasteiger partial charge in [-0.15, -0.1) is 4.33 Å². The number of fused-ring (bicyclic) bond motifs is 2. The molecule has 14 nitrogen and oxygen atoms in total. The van der Waals surface area contributed by atoms with Crippen molar-refractivity contribution < 1.29 is 109 Å². The van der Waals surface area contributed by atoms with Crippen LogP contribution in [0.4, 0.5) is 0 Å². The molecule has 0 saturated heterocycles. The molecule has 20 heteroatoms. The van der Waals surface area contributed by atoms with E-state index in [1.807, 2.05) is 0 Å². The largest absolute Gasteiger partial charge is 1.00 e. The molecule has 0 aromatic carbocycles. The number of carbonyl (C=O) groups is 1. The molecular weight excluding hydrogens is 647 g/mol. The summed E-state index contributed by atoms with van der Waals surface area (Å²) in [4.78, 5) is 17.1. The van der Waals surface area contributed by atoms with Gasteiger partial charge in [0.15, 0.2) is 0 Å². The molecule has 11 unspecified atom stereocenters. The van der Waals surface area contributed by atoms with Crippen LogP contribution in [0.3, 0.4) is 0 Å². The molecule has 0 spiro atoms. The van der Waals surface area contributed by atoms with Crippen LogP contribution < -0.4 is 64.4 Å². The van der Waals surface area contributed by atoms with Gasteiger partial charge < -0.3 is 19.5 Å². The Labute approximate surface area is 318 Å². The van der Waals surface area contributed by atoms with Crippen LogP contribution in [0, 0.1) is 23.7 Å². The Kier molecular flexibility index (Phi) is 18.1. The van der Waals surface area contributed by atoms with E-state index in [9.17, 15) is 35.8 Å². The Morgan fingerprint density at radius 2 is 1.62 bits per heavy atom. The number of hydrogen-bond acceptors (Lipinski definition) is 14. The van der Waals surface area contributed by atoms with Crippen LogP contribution in [0.15, 0.2) is 10.2 Å². The van der Waals surface area contributed by atoms with E-state index < -0.39 is 78.8 Å². The van der Waals surface area contributed by atoms with E-state index in [1.165, 1.54) is 6.92 Å². The average molecular weight is 683 g/mol. The molecule has 0 aliphatic heterocycles. The number of hydrogen-bond donors (Lipinski definition) is 3. The van der Waals surface area contributed by atoms with Crippen molar-refractivity contribution in [1.29, 1.82) is 0 Å². The van der Waals surface area contributed by atoms with Crippen molar-refractivity contribution in [2.24, 2.45) is 33.9 Å². The van der Waals surface area contributed by atoms with Crippen LogP contribution in [-0.2, 0) is 39.3 Å². The van der Waals surface area contributed by atoms with E-state index in [1.54, 1.807) is 0 Å². The van der Waals surface area contributed by atoms with Crippen molar-refractivity contribution in [3.63, 3.8) is 0 Å². The summed E-state index contributed by atoms with van der Waals surface area (Å²) in [6.45, 7) is 1.24. The first-order valence-corrected chi connectivity index (χ1v) is 16.5. The molecule has 11 atom stereocenters. The van der Waals surface area contributed by atoms with Crippen LogP contribution in [0.1, 0.15) is 64.7 Å². The van der Waals surface area contributed by atoms with Crippen LogP contribution in [0.25, 0.3) is 0 Å². The SMILES string of the molecule is CC(=O)NC1CC(S(=O)(=O)[O-])CC2CC(OOOS)C(N=NC3CCC4CCCCC4C3S(=O)(=O)[O-])C(O)C21.[Na+].[Na+].[Na]. The van der Waals surface area contributed by atoms with E-state index in [-0.39, 0.29) is 120 Å². The molecule has 0 bridgehead atoms. The van der Waals surface area contributed by atoms with Gasteiger partial charge in [0.2, 0.25) is 5.91 Å². The summed E-state index contributed by atoms with van der Waals surface area (Å²) >= 11 is 3.46. The van der Waals surface area contributed by atoms with E-state index in [2.05, 4.69) is 37.8 Å². The Hall–Kier alpha value is 2.08. The Balaban J connectivity index is 0.00000294. The third kappa shape index (κ3) is 10.3. The van der Waals surface area contributed by atoms with E-state index >= 15 is 0 Å². The number of nitrogens with zero attached hydrogens (tertiary/aromatic N) is 2. The maximum absolute atomic E-state index is 12.3. The monoisotopic (exact) mass is 682 g/mol. The number of amides is 1. The van der Waals surface area contributed by atoms with Gasteiger partial charge in [0, 0.05) is 61.4 Å². The first-order valence-electron chi connectivity index (χ1n) is 13.2. The van der Waals surface area contributed by atoms with Crippen molar-refractivity contribution in [1.82, 2.24) is 5.32 Å². The first kappa shape index (κ1) is 42.1. The molecule has 42 heavy (non-hydrogen) atoms. The fraction of sp³-hybridized carbons (Fsp3) is 0.955. The second kappa shape index (κ2) is 18.0. The molecular formula is C22H35N3Na3O11S3. The van der Waals surface area contributed by atoms with Gasteiger partial charge in [-0.05, 0) is 56.3 Å². The van der Waals surface area contributed by atoms with Crippen molar-refractivity contribution in [3.8, 4) is 0 Å². The zero-order chi connectivity index (χ0) is 28.5. The predicted molar refractivity (Wildman–Crippen MR) is 140 cm³/mol. The van der Waals surface area contributed by atoms with E-state index in [0.29, 0.717) is 19.3 Å². The van der Waals surface area contributed by atoms with Gasteiger partial charge in [0.1, 0.15) is 12.1 Å². The minimum atomic E-state index is -4.69. The summed E-state index contributed by atoms with van der Waals surface area (Å²) in [5.41, 5.74) is 0. The third-order valence-corrected chi connectivity index (χ3v) is 11.6. The summed E-state index contributed by atoms with van der Waals surface area (Å²) in [5, 5.41) is 24.7. The zero-order valence-electron chi connectivity index (χ0n) is 24.4. The molecule has 225 valence electrons. The predicted octanol–water partition coefficient (Wildman–Crippen LogP) is -5.38. The number of aliphatic hydroxyl groups is 1. The molecule has 4 aliphatic rings. The fourth-order valence-electron chi connectivity index (χ4n) is 7.53. The molecule has 1 amide bonds. The minimum absolute atomic E-state index is 0. The number of aliphatic hydroxyl groups excluding tert-OH is 1. The zero-order valence-corrected chi connectivity index (χ0v) is 32.9. The van der Waals surface area contributed by atoms with Crippen molar-refractivity contribution >= 4 is 68.6 Å². The number of thiol groups is 1. The third-order valence-electron chi connectivity index (χ3n) is 9.03. The quantitative estimate of drug-likeness (QED) is 0.0418. The van der Waals surface area contributed by atoms with Crippen LogP contribution >= 0.6 is 12.9 Å². The molecule has 0 aromatic rings. The van der Waals surface area contributed by atoms with Crippen LogP contribution in [0.2, 0.25) is 0 Å². The van der Waals surface area contributed by atoms with Gasteiger partial charge in [0.25, 0.3) is 0 Å². The number of rotatable bonds is 8. The van der Waals surface area contributed by atoms with Gasteiger partial charge in [-0.2, -0.15) is 15.1 Å². The number of carbonyl (C=O) groups excluding carboxylic acids is 1. The summed E-state index contributed by atoms with van der Waals surface area (Å²) in [6, 6.07) is -2.88. The number of nitrogens with one attached hydrogen (secondary N) is 1. The smallest absolute Gasteiger partial charge is 0.748 e. The Bertz CT molecular complexity index is 1140. The maximum Gasteiger partial charge on any atom is 1.00 e. The Morgan fingerprint density at radius 1 is 0.952 bits per heavy atom. The first-order chi connectivity index (χ1) is 18.3. The fourth-order valence-corrected chi connectivity index (χ4v) is 9.85. The molecule has 0 heterocycles. The average Bonchev–Trinajstić information content (AvgIpc) is 2.84. The van der Waals surface area contributed by atoms with Gasteiger partial charge in [0.05, 0.1) is 42.9 Å². The van der Waals surface area contributed by atoms with Gasteiger partial charge >= 0.3 is 59.1 Å². The van der Waals surface area contributed by atoms with E-state index in [0.717, 1.165) is 19.3 Å². The topological polar surface area (TPSA) is 216 Å². The van der Waals surface area contributed by atoms with E-state index in [4.69, 9.17) is 4.89 Å². The Morgan fingerprint density at radius 3 is 2.21 bits per heavy atom. The summed E-state index contributed by atoms with van der Waals surface area (Å²) in [6.07, 6.45) is 1.80. The second-order valence-corrected chi connectivity index (χ2v) is 14.6. The molecule has 2 N–H and O–H groups in total. The molecule has 4 saturated carbocycles.